The topological polar surface area (TPSA) is 75.3 Å². The third-order valence-electron chi connectivity index (χ3n) is 3.54. The molecule has 0 radical (unpaired) electrons. The van der Waals surface area contributed by atoms with Crippen LogP contribution in [0.1, 0.15) is 15.2 Å². The molecule has 1 amide bonds. The van der Waals surface area contributed by atoms with Crippen molar-refractivity contribution in [1.82, 2.24) is 4.72 Å². The van der Waals surface area contributed by atoms with E-state index in [1.807, 2.05) is 11.4 Å². The summed E-state index contributed by atoms with van der Waals surface area (Å²) in [5.41, 5.74) is -0.0275. The standard InChI is InChI=1S/C18H14F2N2O3S2/c19-13-8-14(20)10-15(9-13)22-18(23)12-3-1-5-17(7-12)27(24,25)21-11-16-4-2-6-26-16/h1-10,21H,11H2,(H,22,23). The van der Waals surface area contributed by atoms with Gasteiger partial charge in [0.15, 0.2) is 0 Å². The second kappa shape index (κ2) is 7.95. The first-order valence-corrected chi connectivity index (χ1v) is 10.1. The first-order valence-electron chi connectivity index (χ1n) is 7.73. The van der Waals surface area contributed by atoms with E-state index in [-0.39, 0.29) is 22.7 Å². The van der Waals surface area contributed by atoms with Crippen molar-refractivity contribution < 1.29 is 22.0 Å². The Morgan fingerprint density at radius 2 is 1.74 bits per heavy atom. The van der Waals surface area contributed by atoms with Crippen LogP contribution in [0.15, 0.2) is 64.9 Å². The zero-order valence-electron chi connectivity index (χ0n) is 13.8. The molecule has 2 N–H and O–H groups in total. The Morgan fingerprint density at radius 1 is 1.00 bits per heavy atom. The lowest BCUT2D eigenvalue weighted by Crippen LogP contribution is -2.23. The molecular weight excluding hydrogens is 394 g/mol. The maximum atomic E-state index is 13.2. The van der Waals surface area contributed by atoms with Gasteiger partial charge >= 0.3 is 0 Å². The highest BCUT2D eigenvalue weighted by Gasteiger charge is 2.17. The smallest absolute Gasteiger partial charge is 0.255 e. The van der Waals surface area contributed by atoms with Crippen LogP contribution in [0.3, 0.4) is 0 Å². The van der Waals surface area contributed by atoms with Gasteiger partial charge in [-0.25, -0.2) is 21.9 Å². The van der Waals surface area contributed by atoms with Gasteiger partial charge in [0, 0.05) is 28.7 Å². The molecule has 0 saturated carbocycles. The highest BCUT2D eigenvalue weighted by Crippen LogP contribution is 2.17. The minimum absolute atomic E-state index is 0.0404. The van der Waals surface area contributed by atoms with Crippen LogP contribution in [-0.2, 0) is 16.6 Å². The summed E-state index contributed by atoms with van der Waals surface area (Å²) >= 11 is 1.42. The average molecular weight is 408 g/mol. The van der Waals surface area contributed by atoms with Gasteiger partial charge < -0.3 is 5.32 Å². The summed E-state index contributed by atoms with van der Waals surface area (Å²) in [5, 5.41) is 4.18. The van der Waals surface area contributed by atoms with Crippen molar-refractivity contribution in [2.75, 3.05) is 5.32 Å². The molecule has 27 heavy (non-hydrogen) atoms. The molecule has 0 saturated heterocycles. The molecule has 0 atom stereocenters. The molecule has 0 fully saturated rings. The summed E-state index contributed by atoms with van der Waals surface area (Å²) in [4.78, 5) is 13.1. The average Bonchev–Trinajstić information content (AvgIpc) is 3.13. The number of nitrogens with one attached hydrogen (secondary N) is 2. The molecule has 0 aliphatic carbocycles. The van der Waals surface area contributed by atoms with Crippen molar-refractivity contribution in [3.05, 3.63) is 82.1 Å². The molecule has 3 aromatic rings. The van der Waals surface area contributed by atoms with Crippen molar-refractivity contribution >= 4 is 33.0 Å². The molecule has 2 aromatic carbocycles. The van der Waals surface area contributed by atoms with E-state index >= 15 is 0 Å². The molecule has 0 bridgehead atoms. The number of hydrogen-bond acceptors (Lipinski definition) is 4. The summed E-state index contributed by atoms with van der Waals surface area (Å²) in [5.74, 6) is -2.35. The quantitative estimate of drug-likeness (QED) is 0.652. The fraction of sp³-hybridized carbons (Fsp3) is 0.0556. The second-order valence-corrected chi connectivity index (χ2v) is 8.34. The Hall–Kier alpha value is -2.62. The minimum Gasteiger partial charge on any atom is -0.322 e. The van der Waals surface area contributed by atoms with Crippen molar-refractivity contribution in [3.8, 4) is 0 Å². The Balaban J connectivity index is 1.76. The fourth-order valence-corrected chi connectivity index (χ4v) is 4.08. The second-order valence-electron chi connectivity index (χ2n) is 5.54. The molecular formula is C18H14F2N2O3S2. The van der Waals surface area contributed by atoms with E-state index in [0.717, 1.165) is 17.0 Å². The first kappa shape index (κ1) is 19.2. The predicted octanol–water partition coefficient (Wildman–Crippen LogP) is 3.76. The number of carbonyl (C=O) groups excluding carboxylic acids is 1. The number of anilines is 1. The van der Waals surface area contributed by atoms with E-state index < -0.39 is 27.6 Å². The lowest BCUT2D eigenvalue weighted by molar-refractivity contribution is 0.102. The highest BCUT2D eigenvalue weighted by molar-refractivity contribution is 7.89. The third kappa shape index (κ3) is 4.97. The number of rotatable bonds is 6. The number of hydrogen-bond donors (Lipinski definition) is 2. The number of sulfonamides is 1. The molecule has 0 unspecified atom stereocenters. The van der Waals surface area contributed by atoms with Gasteiger partial charge in [0.05, 0.1) is 4.90 Å². The summed E-state index contributed by atoms with van der Waals surface area (Å²) in [6.07, 6.45) is 0. The van der Waals surface area contributed by atoms with Crippen LogP contribution in [-0.4, -0.2) is 14.3 Å². The highest BCUT2D eigenvalue weighted by atomic mass is 32.2. The normalized spacial score (nSPS) is 11.3. The van der Waals surface area contributed by atoms with Crippen LogP contribution in [0.2, 0.25) is 0 Å². The van der Waals surface area contributed by atoms with E-state index in [1.54, 1.807) is 6.07 Å². The Bertz CT molecular complexity index is 1050. The van der Waals surface area contributed by atoms with Crippen LogP contribution in [0.4, 0.5) is 14.5 Å². The summed E-state index contributed by atoms with van der Waals surface area (Å²) in [6, 6.07) is 11.6. The number of benzene rings is 2. The van der Waals surface area contributed by atoms with Gasteiger partial charge in [0.25, 0.3) is 5.91 Å². The van der Waals surface area contributed by atoms with Crippen LogP contribution >= 0.6 is 11.3 Å². The Morgan fingerprint density at radius 3 is 2.41 bits per heavy atom. The van der Waals surface area contributed by atoms with Gasteiger partial charge in [-0.2, -0.15) is 0 Å². The molecule has 9 heteroatoms. The van der Waals surface area contributed by atoms with E-state index in [2.05, 4.69) is 10.0 Å². The van der Waals surface area contributed by atoms with Crippen LogP contribution < -0.4 is 10.0 Å². The van der Waals surface area contributed by atoms with E-state index in [9.17, 15) is 22.0 Å². The number of thiophene rings is 1. The zero-order valence-corrected chi connectivity index (χ0v) is 15.4. The Kier molecular flexibility index (Phi) is 5.64. The van der Waals surface area contributed by atoms with Crippen molar-refractivity contribution in [3.63, 3.8) is 0 Å². The molecule has 0 spiro atoms. The van der Waals surface area contributed by atoms with E-state index in [1.165, 1.54) is 35.6 Å². The molecule has 1 heterocycles. The SMILES string of the molecule is O=C(Nc1cc(F)cc(F)c1)c1cccc(S(=O)(=O)NCc2cccs2)c1. The van der Waals surface area contributed by atoms with Gasteiger partial charge in [-0.15, -0.1) is 11.3 Å². The molecule has 140 valence electrons. The maximum Gasteiger partial charge on any atom is 0.255 e. The Labute approximate surface area is 158 Å². The summed E-state index contributed by atoms with van der Waals surface area (Å²) in [6.45, 7) is 0.138. The number of carbonyl (C=O) groups is 1. The van der Waals surface area contributed by atoms with Crippen LogP contribution in [0.5, 0.6) is 0 Å². The lowest BCUT2D eigenvalue weighted by atomic mass is 10.2. The van der Waals surface area contributed by atoms with Crippen LogP contribution in [0.25, 0.3) is 0 Å². The largest absolute Gasteiger partial charge is 0.322 e. The van der Waals surface area contributed by atoms with Gasteiger partial charge in [-0.1, -0.05) is 12.1 Å². The van der Waals surface area contributed by atoms with Crippen molar-refractivity contribution in [2.45, 2.75) is 11.4 Å². The van der Waals surface area contributed by atoms with Gasteiger partial charge in [0.2, 0.25) is 10.0 Å². The van der Waals surface area contributed by atoms with Gasteiger partial charge in [0.1, 0.15) is 11.6 Å². The summed E-state index contributed by atoms with van der Waals surface area (Å²) in [7, 11) is -3.82. The first-order chi connectivity index (χ1) is 12.8. The van der Waals surface area contributed by atoms with Crippen molar-refractivity contribution in [2.24, 2.45) is 0 Å². The molecule has 0 aliphatic heterocycles. The number of amides is 1. The van der Waals surface area contributed by atoms with Gasteiger partial charge in [-0.05, 0) is 41.8 Å². The van der Waals surface area contributed by atoms with E-state index in [0.29, 0.717) is 6.07 Å². The fourth-order valence-electron chi connectivity index (χ4n) is 2.30. The monoisotopic (exact) mass is 408 g/mol. The molecule has 1 aromatic heterocycles. The zero-order chi connectivity index (χ0) is 19.4. The van der Waals surface area contributed by atoms with Crippen LogP contribution in [0, 0.1) is 11.6 Å². The number of halogens is 2. The van der Waals surface area contributed by atoms with Gasteiger partial charge in [-0.3, -0.25) is 4.79 Å². The summed E-state index contributed by atoms with van der Waals surface area (Å²) < 4.78 is 53.7. The van der Waals surface area contributed by atoms with Crippen molar-refractivity contribution in [1.29, 1.82) is 0 Å². The predicted molar refractivity (Wildman–Crippen MR) is 99.1 cm³/mol. The van der Waals surface area contributed by atoms with E-state index in [4.69, 9.17) is 0 Å². The molecule has 3 rings (SSSR count). The molecule has 0 aliphatic rings. The molecule has 5 nitrogen and oxygen atoms in total. The maximum absolute atomic E-state index is 13.2. The lowest BCUT2D eigenvalue weighted by Gasteiger charge is -2.09. The minimum atomic E-state index is -3.82. The third-order valence-corrected chi connectivity index (χ3v) is 5.82.